The molecule has 25 heavy (non-hydrogen) atoms. The van der Waals surface area contributed by atoms with Crippen molar-refractivity contribution in [1.82, 2.24) is 9.97 Å². The molecule has 8 heteroatoms. The van der Waals surface area contributed by atoms with E-state index in [1.54, 1.807) is 11.3 Å². The van der Waals surface area contributed by atoms with Crippen LogP contribution in [-0.2, 0) is 6.42 Å². The van der Waals surface area contributed by atoms with Crippen LogP contribution in [0.25, 0.3) is 0 Å². The molecule has 7 nitrogen and oxygen atoms in total. The molecule has 0 aliphatic carbocycles. The van der Waals surface area contributed by atoms with Gasteiger partial charge in [-0.3, -0.25) is 10.1 Å². The van der Waals surface area contributed by atoms with Gasteiger partial charge in [-0.05, 0) is 36.9 Å². The van der Waals surface area contributed by atoms with E-state index in [-0.39, 0.29) is 17.3 Å². The molecular formula is C17H17N5O2S. The van der Waals surface area contributed by atoms with Crippen molar-refractivity contribution < 1.29 is 4.92 Å². The van der Waals surface area contributed by atoms with Crippen LogP contribution in [-0.4, -0.2) is 21.4 Å². The van der Waals surface area contributed by atoms with Gasteiger partial charge in [0.1, 0.15) is 6.33 Å². The molecule has 3 aromatic rings. The predicted octanol–water partition coefficient (Wildman–Crippen LogP) is 4.15. The zero-order valence-electron chi connectivity index (χ0n) is 13.6. The molecule has 0 aliphatic heterocycles. The molecule has 0 saturated heterocycles. The van der Waals surface area contributed by atoms with Crippen LogP contribution in [0.1, 0.15) is 10.4 Å². The minimum absolute atomic E-state index is 0.158. The highest BCUT2D eigenvalue weighted by Crippen LogP contribution is 2.31. The van der Waals surface area contributed by atoms with Crippen LogP contribution >= 0.6 is 11.3 Å². The summed E-state index contributed by atoms with van der Waals surface area (Å²) >= 11 is 1.66. The number of anilines is 3. The van der Waals surface area contributed by atoms with Crippen LogP contribution in [0, 0.1) is 17.0 Å². The lowest BCUT2D eigenvalue weighted by Gasteiger charge is -2.10. The summed E-state index contributed by atoms with van der Waals surface area (Å²) in [4.78, 5) is 20.3. The Balaban J connectivity index is 1.78. The van der Waals surface area contributed by atoms with Gasteiger partial charge in [0, 0.05) is 17.1 Å². The fourth-order valence-electron chi connectivity index (χ4n) is 2.31. The number of benzene rings is 1. The maximum absolute atomic E-state index is 11.5. The first-order valence-electron chi connectivity index (χ1n) is 7.73. The topological polar surface area (TPSA) is 93.0 Å². The van der Waals surface area contributed by atoms with E-state index in [1.165, 1.54) is 11.2 Å². The van der Waals surface area contributed by atoms with Crippen molar-refractivity contribution in [3.63, 3.8) is 0 Å². The SMILES string of the molecule is Cc1ccc(Nc2ncnc(NCCc3cccs3)c2[N+](=O)[O-])cc1. The molecule has 0 aliphatic rings. The van der Waals surface area contributed by atoms with E-state index in [0.717, 1.165) is 17.7 Å². The molecular weight excluding hydrogens is 338 g/mol. The van der Waals surface area contributed by atoms with E-state index in [0.29, 0.717) is 6.54 Å². The molecule has 0 unspecified atom stereocenters. The van der Waals surface area contributed by atoms with E-state index < -0.39 is 4.92 Å². The van der Waals surface area contributed by atoms with Crippen molar-refractivity contribution in [2.45, 2.75) is 13.3 Å². The highest BCUT2D eigenvalue weighted by Gasteiger charge is 2.22. The smallest absolute Gasteiger partial charge is 0.353 e. The predicted molar refractivity (Wildman–Crippen MR) is 99.7 cm³/mol. The van der Waals surface area contributed by atoms with Crippen LogP contribution in [0.5, 0.6) is 0 Å². The maximum atomic E-state index is 11.5. The first-order chi connectivity index (χ1) is 12.1. The average Bonchev–Trinajstić information content (AvgIpc) is 3.10. The van der Waals surface area contributed by atoms with E-state index in [2.05, 4.69) is 20.6 Å². The van der Waals surface area contributed by atoms with E-state index in [9.17, 15) is 10.1 Å². The molecule has 0 bridgehead atoms. The molecule has 0 fully saturated rings. The minimum Gasteiger partial charge on any atom is -0.364 e. The summed E-state index contributed by atoms with van der Waals surface area (Å²) < 4.78 is 0. The van der Waals surface area contributed by atoms with Crippen LogP contribution in [0.15, 0.2) is 48.1 Å². The quantitative estimate of drug-likeness (QED) is 0.488. The van der Waals surface area contributed by atoms with Crippen LogP contribution in [0.4, 0.5) is 23.0 Å². The van der Waals surface area contributed by atoms with Crippen molar-refractivity contribution in [1.29, 1.82) is 0 Å². The zero-order chi connectivity index (χ0) is 17.6. The highest BCUT2D eigenvalue weighted by atomic mass is 32.1. The first kappa shape index (κ1) is 16.8. The van der Waals surface area contributed by atoms with Crippen molar-refractivity contribution in [2.75, 3.05) is 17.2 Å². The lowest BCUT2D eigenvalue weighted by Crippen LogP contribution is -2.10. The van der Waals surface area contributed by atoms with Gasteiger partial charge in [-0.25, -0.2) is 9.97 Å². The molecule has 0 radical (unpaired) electrons. The van der Waals surface area contributed by atoms with Crippen molar-refractivity contribution in [3.05, 3.63) is 68.7 Å². The molecule has 0 saturated carbocycles. The number of thiophene rings is 1. The molecule has 2 aromatic heterocycles. The summed E-state index contributed by atoms with van der Waals surface area (Å²) in [5.74, 6) is 0.383. The fraction of sp³-hybridized carbons (Fsp3) is 0.176. The Morgan fingerprint density at radius 1 is 1.16 bits per heavy atom. The Labute approximate surface area is 148 Å². The molecule has 0 spiro atoms. The summed E-state index contributed by atoms with van der Waals surface area (Å²) in [6, 6.07) is 11.6. The number of nitrogens with one attached hydrogen (secondary N) is 2. The number of hydrogen-bond donors (Lipinski definition) is 2. The summed E-state index contributed by atoms with van der Waals surface area (Å²) in [7, 11) is 0. The Kier molecular flexibility index (Phi) is 5.20. The van der Waals surface area contributed by atoms with Gasteiger partial charge in [0.15, 0.2) is 0 Å². The van der Waals surface area contributed by atoms with Crippen molar-refractivity contribution in [2.24, 2.45) is 0 Å². The van der Waals surface area contributed by atoms with Gasteiger partial charge < -0.3 is 10.6 Å². The summed E-state index contributed by atoms with van der Waals surface area (Å²) in [6.07, 6.45) is 2.09. The Morgan fingerprint density at radius 2 is 1.92 bits per heavy atom. The van der Waals surface area contributed by atoms with Gasteiger partial charge >= 0.3 is 5.69 Å². The van der Waals surface area contributed by atoms with Crippen molar-refractivity contribution in [3.8, 4) is 0 Å². The first-order valence-corrected chi connectivity index (χ1v) is 8.61. The number of nitrogens with zero attached hydrogens (tertiary/aromatic N) is 3. The number of hydrogen-bond acceptors (Lipinski definition) is 7. The summed E-state index contributed by atoms with van der Waals surface area (Å²) in [5.41, 5.74) is 1.69. The fourth-order valence-corrected chi connectivity index (χ4v) is 3.01. The minimum atomic E-state index is -0.468. The second-order valence-electron chi connectivity index (χ2n) is 5.42. The van der Waals surface area contributed by atoms with Crippen LogP contribution < -0.4 is 10.6 Å². The average molecular weight is 355 g/mol. The van der Waals surface area contributed by atoms with Gasteiger partial charge in [0.05, 0.1) is 4.92 Å². The van der Waals surface area contributed by atoms with Gasteiger partial charge in [-0.15, -0.1) is 11.3 Å². The normalized spacial score (nSPS) is 10.4. The van der Waals surface area contributed by atoms with E-state index in [4.69, 9.17) is 0 Å². The van der Waals surface area contributed by atoms with Gasteiger partial charge in [0.25, 0.3) is 0 Å². The molecule has 3 rings (SSSR count). The van der Waals surface area contributed by atoms with Crippen molar-refractivity contribution >= 4 is 34.3 Å². The van der Waals surface area contributed by atoms with E-state index >= 15 is 0 Å². The number of aromatic nitrogens is 2. The van der Waals surface area contributed by atoms with Gasteiger partial charge in [0.2, 0.25) is 11.6 Å². The Hall–Kier alpha value is -3.00. The molecule has 128 valence electrons. The largest absolute Gasteiger partial charge is 0.364 e. The number of aryl methyl sites for hydroxylation is 1. The number of rotatable bonds is 7. The highest BCUT2D eigenvalue weighted by molar-refractivity contribution is 7.09. The third kappa shape index (κ3) is 4.30. The molecule has 2 N–H and O–H groups in total. The maximum Gasteiger partial charge on any atom is 0.353 e. The lowest BCUT2D eigenvalue weighted by molar-refractivity contribution is -0.383. The van der Waals surface area contributed by atoms with E-state index in [1.807, 2.05) is 48.7 Å². The molecule has 0 amide bonds. The second-order valence-corrected chi connectivity index (χ2v) is 6.46. The third-order valence-electron chi connectivity index (χ3n) is 3.56. The summed E-state index contributed by atoms with van der Waals surface area (Å²) in [5, 5.41) is 19.6. The monoisotopic (exact) mass is 355 g/mol. The molecule has 0 atom stereocenters. The standard InChI is InChI=1S/C17H17N5O2S/c1-12-4-6-13(7-5-12)21-17-15(22(23)24)16(19-11-20-17)18-9-8-14-3-2-10-25-14/h2-7,10-11H,8-9H2,1H3,(H2,18,19,20,21). The summed E-state index contributed by atoms with van der Waals surface area (Å²) in [6.45, 7) is 2.54. The number of nitro groups is 1. The van der Waals surface area contributed by atoms with Crippen LogP contribution in [0.3, 0.4) is 0 Å². The van der Waals surface area contributed by atoms with Gasteiger partial charge in [-0.1, -0.05) is 23.8 Å². The third-order valence-corrected chi connectivity index (χ3v) is 4.50. The molecule has 2 heterocycles. The zero-order valence-corrected chi connectivity index (χ0v) is 14.4. The van der Waals surface area contributed by atoms with Gasteiger partial charge in [-0.2, -0.15) is 0 Å². The second kappa shape index (κ2) is 7.71. The Bertz CT molecular complexity index is 850. The molecule has 1 aromatic carbocycles. The lowest BCUT2D eigenvalue weighted by atomic mass is 10.2. The Morgan fingerprint density at radius 3 is 2.60 bits per heavy atom. The van der Waals surface area contributed by atoms with Crippen LogP contribution in [0.2, 0.25) is 0 Å².